The van der Waals surface area contributed by atoms with Crippen LogP contribution in [0.4, 0.5) is 17.6 Å². The van der Waals surface area contributed by atoms with Crippen LogP contribution in [0, 0.1) is 11.7 Å². The Bertz CT molecular complexity index is 444. The Labute approximate surface area is 116 Å². The molecule has 1 nitrogen and oxygen atoms in total. The van der Waals surface area contributed by atoms with Gasteiger partial charge in [-0.05, 0) is 25.8 Å². The molecule has 0 aromatic heterocycles. The Hall–Kier alpha value is -1.10. The van der Waals surface area contributed by atoms with Crippen LogP contribution < -0.4 is 5.32 Å². The highest BCUT2D eigenvalue weighted by Crippen LogP contribution is 2.38. The Balaban J connectivity index is 2.09. The number of rotatable bonds is 3. The fraction of sp³-hybridized carbons (Fsp3) is 0.600. The van der Waals surface area contributed by atoms with Gasteiger partial charge in [0, 0.05) is 17.6 Å². The lowest BCUT2D eigenvalue weighted by atomic mass is 9.83. The Morgan fingerprint density at radius 3 is 2.45 bits per heavy atom. The molecule has 1 aliphatic carbocycles. The molecule has 3 unspecified atom stereocenters. The molecule has 2 rings (SSSR count). The molecule has 0 saturated heterocycles. The van der Waals surface area contributed by atoms with E-state index in [0.29, 0.717) is 18.4 Å². The average Bonchev–Trinajstić information content (AvgIpc) is 2.38. The van der Waals surface area contributed by atoms with Crippen LogP contribution in [0.1, 0.15) is 44.2 Å². The first kappa shape index (κ1) is 15.3. The van der Waals surface area contributed by atoms with E-state index in [9.17, 15) is 17.6 Å². The second-order valence-corrected chi connectivity index (χ2v) is 5.45. The minimum Gasteiger partial charge on any atom is -0.307 e. The number of alkyl halides is 3. The molecule has 1 fully saturated rings. The van der Waals surface area contributed by atoms with Gasteiger partial charge in [-0.1, -0.05) is 31.0 Å². The van der Waals surface area contributed by atoms with Crippen LogP contribution in [0.2, 0.25) is 0 Å². The number of nitrogens with one attached hydrogen (secondary N) is 1. The van der Waals surface area contributed by atoms with Crippen molar-refractivity contribution in [2.45, 2.75) is 50.9 Å². The van der Waals surface area contributed by atoms with Crippen LogP contribution in [0.25, 0.3) is 0 Å². The van der Waals surface area contributed by atoms with Gasteiger partial charge in [0.25, 0.3) is 0 Å². The summed E-state index contributed by atoms with van der Waals surface area (Å²) in [6.45, 7) is 1.71. The number of hydrogen-bond donors (Lipinski definition) is 1. The van der Waals surface area contributed by atoms with Crippen molar-refractivity contribution in [2.24, 2.45) is 5.92 Å². The van der Waals surface area contributed by atoms with E-state index >= 15 is 0 Å². The van der Waals surface area contributed by atoms with Crippen molar-refractivity contribution in [2.75, 3.05) is 0 Å². The first-order valence-electron chi connectivity index (χ1n) is 6.97. The highest BCUT2D eigenvalue weighted by Gasteiger charge is 2.45. The molecule has 1 saturated carbocycles. The maximum Gasteiger partial charge on any atom is 0.393 e. The first-order valence-corrected chi connectivity index (χ1v) is 6.97. The lowest BCUT2D eigenvalue weighted by molar-refractivity contribution is -0.189. The van der Waals surface area contributed by atoms with Gasteiger partial charge in [0.2, 0.25) is 0 Å². The lowest BCUT2D eigenvalue weighted by Gasteiger charge is -2.35. The van der Waals surface area contributed by atoms with Gasteiger partial charge in [-0.15, -0.1) is 0 Å². The highest BCUT2D eigenvalue weighted by atomic mass is 19.4. The van der Waals surface area contributed by atoms with Crippen LogP contribution in [0.3, 0.4) is 0 Å². The summed E-state index contributed by atoms with van der Waals surface area (Å²) < 4.78 is 52.7. The van der Waals surface area contributed by atoms with E-state index in [2.05, 4.69) is 5.32 Å². The third-order valence-corrected chi connectivity index (χ3v) is 4.02. The number of benzene rings is 1. The van der Waals surface area contributed by atoms with Crippen molar-refractivity contribution in [3.05, 3.63) is 35.6 Å². The van der Waals surface area contributed by atoms with Gasteiger partial charge in [0.15, 0.2) is 0 Å². The van der Waals surface area contributed by atoms with E-state index in [-0.39, 0.29) is 12.2 Å². The quantitative estimate of drug-likeness (QED) is 0.802. The molecular weight excluding hydrogens is 270 g/mol. The molecular formula is C15H19F4N. The molecule has 0 radical (unpaired) electrons. The van der Waals surface area contributed by atoms with Crippen molar-refractivity contribution in [1.82, 2.24) is 5.32 Å². The highest BCUT2D eigenvalue weighted by molar-refractivity contribution is 5.20. The predicted octanol–water partition coefficient (Wildman–Crippen LogP) is 4.60. The van der Waals surface area contributed by atoms with Gasteiger partial charge < -0.3 is 5.32 Å². The molecule has 1 aliphatic rings. The summed E-state index contributed by atoms with van der Waals surface area (Å²) in [6.07, 6.45) is -2.15. The van der Waals surface area contributed by atoms with Crippen molar-refractivity contribution < 1.29 is 17.6 Å². The predicted molar refractivity (Wildman–Crippen MR) is 69.8 cm³/mol. The summed E-state index contributed by atoms with van der Waals surface area (Å²) in [5.41, 5.74) is 0.416. The van der Waals surface area contributed by atoms with Crippen LogP contribution in [-0.4, -0.2) is 12.2 Å². The van der Waals surface area contributed by atoms with E-state index in [0.717, 1.165) is 6.42 Å². The fourth-order valence-electron chi connectivity index (χ4n) is 2.96. The van der Waals surface area contributed by atoms with Gasteiger partial charge in [0.1, 0.15) is 5.82 Å². The summed E-state index contributed by atoms with van der Waals surface area (Å²) in [6, 6.07) is 5.15. The van der Waals surface area contributed by atoms with E-state index < -0.39 is 24.2 Å². The molecule has 0 heterocycles. The zero-order chi connectivity index (χ0) is 14.8. The second-order valence-electron chi connectivity index (χ2n) is 5.45. The minimum absolute atomic E-state index is 0.158. The molecule has 1 aromatic rings. The van der Waals surface area contributed by atoms with Crippen molar-refractivity contribution >= 4 is 0 Å². The standard InChI is InChI=1S/C15H19F4N/c1-10(11-6-2-4-8-13(11)16)20-14-9-5-3-7-12(14)15(17,18)19/h2,4,6,8,10,12,14,20H,3,5,7,9H2,1H3. The SMILES string of the molecule is CC(NC1CCCCC1C(F)(F)F)c1ccccc1F. The molecule has 112 valence electrons. The summed E-state index contributed by atoms with van der Waals surface area (Å²) in [7, 11) is 0. The van der Waals surface area contributed by atoms with Crippen molar-refractivity contribution in [1.29, 1.82) is 0 Å². The first-order chi connectivity index (χ1) is 9.39. The summed E-state index contributed by atoms with van der Waals surface area (Å²) in [5.74, 6) is -1.71. The minimum atomic E-state index is -4.19. The van der Waals surface area contributed by atoms with E-state index in [1.54, 1.807) is 25.1 Å². The normalized spacial score (nSPS) is 25.4. The monoisotopic (exact) mass is 289 g/mol. The van der Waals surface area contributed by atoms with Gasteiger partial charge in [-0.25, -0.2) is 4.39 Å². The summed E-state index contributed by atoms with van der Waals surface area (Å²) in [5, 5.41) is 2.97. The molecule has 20 heavy (non-hydrogen) atoms. The average molecular weight is 289 g/mol. The molecule has 0 spiro atoms. The molecule has 3 atom stereocenters. The summed E-state index contributed by atoms with van der Waals surface area (Å²) >= 11 is 0. The van der Waals surface area contributed by atoms with Crippen LogP contribution in [0.15, 0.2) is 24.3 Å². The van der Waals surface area contributed by atoms with Crippen LogP contribution in [-0.2, 0) is 0 Å². The molecule has 0 amide bonds. The van der Waals surface area contributed by atoms with Crippen LogP contribution >= 0.6 is 0 Å². The lowest BCUT2D eigenvalue weighted by Crippen LogP contribution is -2.46. The van der Waals surface area contributed by atoms with Gasteiger partial charge in [-0.2, -0.15) is 13.2 Å². The number of hydrogen-bond acceptors (Lipinski definition) is 1. The Morgan fingerprint density at radius 1 is 1.15 bits per heavy atom. The topological polar surface area (TPSA) is 12.0 Å². The maximum absolute atomic E-state index is 13.7. The van der Waals surface area contributed by atoms with Gasteiger partial charge in [0.05, 0.1) is 5.92 Å². The molecule has 0 aliphatic heterocycles. The Kier molecular flexibility index (Phi) is 4.68. The zero-order valence-electron chi connectivity index (χ0n) is 11.4. The third-order valence-electron chi connectivity index (χ3n) is 4.02. The van der Waals surface area contributed by atoms with Crippen molar-refractivity contribution in [3.63, 3.8) is 0 Å². The van der Waals surface area contributed by atoms with E-state index in [1.165, 1.54) is 6.07 Å². The molecule has 1 N–H and O–H groups in total. The third kappa shape index (κ3) is 3.51. The van der Waals surface area contributed by atoms with Crippen molar-refractivity contribution in [3.8, 4) is 0 Å². The molecule has 0 bridgehead atoms. The molecule has 5 heteroatoms. The smallest absolute Gasteiger partial charge is 0.307 e. The zero-order valence-corrected chi connectivity index (χ0v) is 11.4. The van der Waals surface area contributed by atoms with Gasteiger partial charge >= 0.3 is 6.18 Å². The van der Waals surface area contributed by atoms with E-state index in [1.807, 2.05) is 0 Å². The van der Waals surface area contributed by atoms with Gasteiger partial charge in [-0.3, -0.25) is 0 Å². The Morgan fingerprint density at radius 2 is 1.80 bits per heavy atom. The number of halogens is 4. The van der Waals surface area contributed by atoms with E-state index in [4.69, 9.17) is 0 Å². The largest absolute Gasteiger partial charge is 0.393 e. The van der Waals surface area contributed by atoms with Crippen LogP contribution in [0.5, 0.6) is 0 Å². The second kappa shape index (κ2) is 6.12. The maximum atomic E-state index is 13.7. The fourth-order valence-corrected chi connectivity index (χ4v) is 2.96. The molecule has 1 aromatic carbocycles. The summed E-state index contributed by atoms with van der Waals surface area (Å²) in [4.78, 5) is 0.